The van der Waals surface area contributed by atoms with E-state index in [9.17, 15) is 4.79 Å². The van der Waals surface area contributed by atoms with Gasteiger partial charge in [0.2, 0.25) is 5.95 Å². The molecule has 1 atom stereocenters. The van der Waals surface area contributed by atoms with E-state index in [0.29, 0.717) is 53.1 Å². The van der Waals surface area contributed by atoms with E-state index in [4.69, 9.17) is 14.3 Å². The number of methoxy groups -OCH3 is 1. The van der Waals surface area contributed by atoms with Crippen molar-refractivity contribution >= 4 is 17.5 Å². The standard InChI is InChI=1S/C22H25N5O4/c1-13-6-11-17(31-13)20-19(21(29)24-15-7-9-16(30-3)10-8-15)14(2)23-22-25-18(5-4-12-28)26-27(20)22/h6-11,20,28H,4-5,12H2,1-3H3,(H,24,29)(H,23,25,26). The van der Waals surface area contributed by atoms with Crippen LogP contribution in [0.3, 0.4) is 0 Å². The normalized spacial score (nSPS) is 15.4. The molecule has 4 rings (SSSR count). The number of aliphatic hydroxyl groups excluding tert-OH is 1. The van der Waals surface area contributed by atoms with Crippen LogP contribution < -0.4 is 15.4 Å². The molecule has 3 aromatic rings. The number of nitrogens with one attached hydrogen (secondary N) is 2. The molecule has 0 spiro atoms. The average Bonchev–Trinajstić information content (AvgIpc) is 3.37. The van der Waals surface area contributed by atoms with Crippen LogP contribution in [0.4, 0.5) is 11.6 Å². The minimum absolute atomic E-state index is 0.0604. The van der Waals surface area contributed by atoms with Crippen molar-refractivity contribution in [2.24, 2.45) is 0 Å². The van der Waals surface area contributed by atoms with E-state index in [1.54, 1.807) is 36.1 Å². The van der Waals surface area contributed by atoms with Crippen LogP contribution in [-0.2, 0) is 11.2 Å². The summed E-state index contributed by atoms with van der Waals surface area (Å²) >= 11 is 0. The van der Waals surface area contributed by atoms with Gasteiger partial charge in [-0.2, -0.15) is 10.1 Å². The molecule has 1 unspecified atom stereocenters. The predicted molar refractivity (Wildman–Crippen MR) is 115 cm³/mol. The molecule has 3 N–H and O–H groups in total. The van der Waals surface area contributed by atoms with E-state index in [1.807, 2.05) is 26.0 Å². The monoisotopic (exact) mass is 423 g/mol. The lowest BCUT2D eigenvalue weighted by Gasteiger charge is -2.27. The van der Waals surface area contributed by atoms with Crippen molar-refractivity contribution in [3.8, 4) is 5.75 Å². The topological polar surface area (TPSA) is 114 Å². The molecule has 0 fully saturated rings. The number of ether oxygens (including phenoxy) is 1. The van der Waals surface area contributed by atoms with Crippen molar-refractivity contribution < 1.29 is 19.1 Å². The lowest BCUT2D eigenvalue weighted by atomic mass is 10.00. The molecule has 1 aliphatic heterocycles. The summed E-state index contributed by atoms with van der Waals surface area (Å²) in [5.41, 5.74) is 1.79. The van der Waals surface area contributed by atoms with Crippen LogP contribution in [0.2, 0.25) is 0 Å². The van der Waals surface area contributed by atoms with Crippen molar-refractivity contribution in [3.63, 3.8) is 0 Å². The Morgan fingerprint density at radius 2 is 2.03 bits per heavy atom. The number of fused-ring (bicyclic) bond motifs is 1. The number of benzene rings is 1. The number of aryl methyl sites for hydroxylation is 2. The first-order valence-electron chi connectivity index (χ1n) is 10.1. The molecule has 162 valence electrons. The van der Waals surface area contributed by atoms with Gasteiger partial charge >= 0.3 is 0 Å². The SMILES string of the molecule is COc1ccc(NC(=O)C2=C(C)Nc3nc(CCCO)nn3C2c2ccc(C)o2)cc1. The predicted octanol–water partition coefficient (Wildman–Crippen LogP) is 3.04. The summed E-state index contributed by atoms with van der Waals surface area (Å²) in [5, 5.41) is 19.9. The zero-order valence-electron chi connectivity index (χ0n) is 17.7. The van der Waals surface area contributed by atoms with Gasteiger partial charge in [0.25, 0.3) is 5.91 Å². The second-order valence-electron chi connectivity index (χ2n) is 7.32. The highest BCUT2D eigenvalue weighted by Crippen LogP contribution is 2.36. The number of hydrogen-bond donors (Lipinski definition) is 3. The number of aliphatic hydroxyl groups is 1. The van der Waals surface area contributed by atoms with Crippen molar-refractivity contribution in [3.05, 3.63) is 65.0 Å². The molecule has 31 heavy (non-hydrogen) atoms. The highest BCUT2D eigenvalue weighted by atomic mass is 16.5. The number of anilines is 2. The highest BCUT2D eigenvalue weighted by molar-refractivity contribution is 6.05. The fourth-order valence-corrected chi connectivity index (χ4v) is 3.57. The summed E-state index contributed by atoms with van der Waals surface area (Å²) in [4.78, 5) is 17.9. The Kier molecular flexibility index (Phi) is 5.77. The Labute approximate surface area is 179 Å². The maximum Gasteiger partial charge on any atom is 0.256 e. The largest absolute Gasteiger partial charge is 0.497 e. The number of furan rings is 1. The fourth-order valence-electron chi connectivity index (χ4n) is 3.57. The van der Waals surface area contributed by atoms with E-state index in [1.165, 1.54) is 0 Å². The second kappa shape index (κ2) is 8.65. The molecule has 0 aliphatic carbocycles. The third-order valence-corrected chi connectivity index (χ3v) is 5.08. The first-order valence-corrected chi connectivity index (χ1v) is 10.1. The van der Waals surface area contributed by atoms with Gasteiger partial charge in [0.05, 0.1) is 12.7 Å². The number of nitrogens with zero attached hydrogens (tertiary/aromatic N) is 3. The van der Waals surface area contributed by atoms with E-state index in [-0.39, 0.29) is 12.5 Å². The molecule has 0 bridgehead atoms. The Bertz CT molecular complexity index is 1110. The van der Waals surface area contributed by atoms with Crippen LogP contribution in [0.1, 0.15) is 36.7 Å². The van der Waals surface area contributed by atoms with E-state index in [2.05, 4.69) is 20.7 Å². The number of amides is 1. The van der Waals surface area contributed by atoms with Gasteiger partial charge in [-0.1, -0.05) is 0 Å². The number of carbonyl (C=O) groups excluding carboxylic acids is 1. The molecule has 1 aromatic carbocycles. The minimum Gasteiger partial charge on any atom is -0.497 e. The number of rotatable bonds is 7. The molecular weight excluding hydrogens is 398 g/mol. The van der Waals surface area contributed by atoms with Crippen molar-refractivity contribution in [2.45, 2.75) is 32.7 Å². The molecule has 0 saturated heterocycles. The number of carbonyl (C=O) groups is 1. The van der Waals surface area contributed by atoms with Gasteiger partial charge in [-0.05, 0) is 56.7 Å². The third kappa shape index (κ3) is 4.17. The smallest absolute Gasteiger partial charge is 0.256 e. The van der Waals surface area contributed by atoms with Crippen LogP contribution >= 0.6 is 0 Å². The molecule has 0 saturated carbocycles. The number of allylic oxidation sites excluding steroid dienone is 1. The maximum absolute atomic E-state index is 13.3. The van der Waals surface area contributed by atoms with E-state index in [0.717, 1.165) is 5.76 Å². The van der Waals surface area contributed by atoms with Gasteiger partial charge < -0.3 is 24.9 Å². The molecule has 1 aliphatic rings. The van der Waals surface area contributed by atoms with Gasteiger partial charge in [0, 0.05) is 24.4 Å². The van der Waals surface area contributed by atoms with Crippen LogP contribution in [0.25, 0.3) is 0 Å². The van der Waals surface area contributed by atoms with Crippen molar-refractivity contribution in [1.82, 2.24) is 14.8 Å². The van der Waals surface area contributed by atoms with Crippen molar-refractivity contribution in [1.29, 1.82) is 0 Å². The summed E-state index contributed by atoms with van der Waals surface area (Å²) in [6.45, 7) is 3.75. The molecule has 3 heterocycles. The van der Waals surface area contributed by atoms with Crippen LogP contribution in [-0.4, -0.2) is 39.5 Å². The molecule has 2 aromatic heterocycles. The quantitative estimate of drug-likeness (QED) is 0.535. The lowest BCUT2D eigenvalue weighted by Crippen LogP contribution is -2.31. The van der Waals surface area contributed by atoms with E-state index >= 15 is 0 Å². The van der Waals surface area contributed by atoms with Gasteiger partial charge in [-0.25, -0.2) is 4.68 Å². The van der Waals surface area contributed by atoms with Gasteiger partial charge in [-0.3, -0.25) is 4.79 Å². The molecule has 9 heteroatoms. The summed E-state index contributed by atoms with van der Waals surface area (Å²) in [7, 11) is 1.59. The number of aromatic nitrogens is 3. The van der Waals surface area contributed by atoms with E-state index < -0.39 is 6.04 Å². The summed E-state index contributed by atoms with van der Waals surface area (Å²) in [6.07, 6.45) is 1.10. The lowest BCUT2D eigenvalue weighted by molar-refractivity contribution is -0.113. The van der Waals surface area contributed by atoms with Gasteiger partial charge in [0.15, 0.2) is 5.82 Å². The van der Waals surface area contributed by atoms with Gasteiger partial charge in [0.1, 0.15) is 23.3 Å². The Morgan fingerprint density at radius 1 is 1.26 bits per heavy atom. The zero-order chi connectivity index (χ0) is 22.0. The fraction of sp³-hybridized carbons (Fsp3) is 0.318. The van der Waals surface area contributed by atoms with Crippen LogP contribution in [0.15, 0.2) is 52.1 Å². The zero-order valence-corrected chi connectivity index (χ0v) is 17.7. The summed E-state index contributed by atoms with van der Waals surface area (Å²) in [5.74, 6) is 2.90. The first-order chi connectivity index (χ1) is 15.0. The average molecular weight is 423 g/mol. The van der Waals surface area contributed by atoms with Gasteiger partial charge in [-0.15, -0.1) is 0 Å². The second-order valence-corrected chi connectivity index (χ2v) is 7.32. The third-order valence-electron chi connectivity index (χ3n) is 5.08. The summed E-state index contributed by atoms with van der Waals surface area (Å²) < 4.78 is 12.7. The Morgan fingerprint density at radius 3 is 2.68 bits per heavy atom. The maximum atomic E-state index is 13.3. The van der Waals surface area contributed by atoms with Crippen LogP contribution in [0, 0.1) is 6.92 Å². The molecule has 1 amide bonds. The minimum atomic E-state index is -0.571. The molecule has 0 radical (unpaired) electrons. The summed E-state index contributed by atoms with van der Waals surface area (Å²) in [6, 6.07) is 10.3. The highest BCUT2D eigenvalue weighted by Gasteiger charge is 2.36. The number of hydrogen-bond acceptors (Lipinski definition) is 7. The van der Waals surface area contributed by atoms with Crippen LogP contribution in [0.5, 0.6) is 5.75 Å². The Balaban J connectivity index is 1.70. The molecular formula is C22H25N5O4. The molecule has 9 nitrogen and oxygen atoms in total. The Hall–Kier alpha value is -3.59. The van der Waals surface area contributed by atoms with Crippen molar-refractivity contribution in [2.75, 3.05) is 24.4 Å². The first kappa shape index (κ1) is 20.7.